The molecule has 2 rings (SSSR count). The van der Waals surface area contributed by atoms with E-state index in [-0.39, 0.29) is 11.9 Å². The van der Waals surface area contributed by atoms with E-state index >= 15 is 0 Å². The maximum atomic E-state index is 13.3. The monoisotopic (exact) mass is 311 g/mol. The average molecular weight is 312 g/mol. The molecule has 106 valence electrons. The first-order chi connectivity index (χ1) is 9.51. The van der Waals surface area contributed by atoms with E-state index in [1.807, 2.05) is 32.2 Å². The minimum Gasteiger partial charge on any atom is -0.313 e. The second-order valence-electron chi connectivity index (χ2n) is 4.78. The zero-order valence-electron chi connectivity index (χ0n) is 11.4. The molecule has 1 atom stereocenters. The average Bonchev–Trinajstić information content (AvgIpc) is 2.42. The Hall–Kier alpha value is -1.09. The topological polar surface area (TPSA) is 12.0 Å². The largest absolute Gasteiger partial charge is 0.313 e. The summed E-state index contributed by atoms with van der Waals surface area (Å²) in [5.41, 5.74) is 3.02. The molecular weight excluding hydrogens is 296 g/mol. The van der Waals surface area contributed by atoms with Gasteiger partial charge in [0.1, 0.15) is 5.82 Å². The Morgan fingerprint density at radius 3 is 2.60 bits per heavy atom. The molecule has 1 unspecified atom stereocenters. The van der Waals surface area contributed by atoms with Gasteiger partial charge in [0, 0.05) is 16.1 Å². The summed E-state index contributed by atoms with van der Waals surface area (Å²) in [6, 6.07) is 10.2. The summed E-state index contributed by atoms with van der Waals surface area (Å²) < 4.78 is 13.3. The molecule has 0 spiro atoms. The van der Waals surface area contributed by atoms with Crippen molar-refractivity contribution in [3.05, 3.63) is 69.0 Å². The zero-order chi connectivity index (χ0) is 14.7. The Kier molecular flexibility index (Phi) is 5.03. The van der Waals surface area contributed by atoms with Gasteiger partial charge < -0.3 is 5.32 Å². The predicted octanol–water partition coefficient (Wildman–Crippen LogP) is 4.94. The third-order valence-electron chi connectivity index (χ3n) is 3.40. The van der Waals surface area contributed by atoms with Crippen molar-refractivity contribution in [3.63, 3.8) is 0 Å². The van der Waals surface area contributed by atoms with Crippen LogP contribution < -0.4 is 5.32 Å². The molecule has 0 saturated carbocycles. The summed E-state index contributed by atoms with van der Waals surface area (Å²) in [6.07, 6.45) is 0.605. The number of hydrogen-bond donors (Lipinski definition) is 1. The summed E-state index contributed by atoms with van der Waals surface area (Å²) in [4.78, 5) is 0. The van der Waals surface area contributed by atoms with Gasteiger partial charge in [-0.3, -0.25) is 0 Å². The molecule has 0 bridgehead atoms. The van der Waals surface area contributed by atoms with Crippen LogP contribution >= 0.6 is 23.2 Å². The van der Waals surface area contributed by atoms with Crippen LogP contribution in [-0.4, -0.2) is 7.05 Å². The van der Waals surface area contributed by atoms with Crippen LogP contribution in [0.25, 0.3) is 0 Å². The lowest BCUT2D eigenvalue weighted by Gasteiger charge is -2.20. The van der Waals surface area contributed by atoms with Gasteiger partial charge in [-0.25, -0.2) is 4.39 Å². The van der Waals surface area contributed by atoms with E-state index in [2.05, 4.69) is 5.32 Å². The number of hydrogen-bond acceptors (Lipinski definition) is 1. The number of rotatable bonds is 4. The van der Waals surface area contributed by atoms with Gasteiger partial charge in [0.2, 0.25) is 0 Å². The second kappa shape index (κ2) is 6.57. The zero-order valence-corrected chi connectivity index (χ0v) is 12.9. The Balaban J connectivity index is 2.33. The standard InChI is InChI=1S/C16H16Cl2FN/c1-10-3-4-12(17)9-14(10)16(20-2)8-11-7-13(19)5-6-15(11)18/h3-7,9,16,20H,8H2,1-2H3. The Labute approximate surface area is 128 Å². The minimum absolute atomic E-state index is 0.0352. The van der Waals surface area contributed by atoms with Crippen molar-refractivity contribution in [2.24, 2.45) is 0 Å². The van der Waals surface area contributed by atoms with Crippen molar-refractivity contribution in [1.82, 2.24) is 5.32 Å². The molecule has 0 aromatic heterocycles. The lowest BCUT2D eigenvalue weighted by molar-refractivity contribution is 0.582. The molecule has 0 amide bonds. The van der Waals surface area contributed by atoms with Crippen LogP contribution in [0.3, 0.4) is 0 Å². The van der Waals surface area contributed by atoms with E-state index in [1.165, 1.54) is 12.1 Å². The number of nitrogens with one attached hydrogen (secondary N) is 1. The molecule has 4 heteroatoms. The fraction of sp³-hybridized carbons (Fsp3) is 0.250. The number of aryl methyl sites for hydroxylation is 1. The molecular formula is C16H16Cl2FN. The number of benzene rings is 2. The van der Waals surface area contributed by atoms with Crippen molar-refractivity contribution in [2.45, 2.75) is 19.4 Å². The highest BCUT2D eigenvalue weighted by atomic mass is 35.5. The van der Waals surface area contributed by atoms with Crippen LogP contribution in [0.4, 0.5) is 4.39 Å². The molecule has 0 heterocycles. The van der Waals surface area contributed by atoms with E-state index in [4.69, 9.17) is 23.2 Å². The highest BCUT2D eigenvalue weighted by Crippen LogP contribution is 2.27. The van der Waals surface area contributed by atoms with Gasteiger partial charge in [0.15, 0.2) is 0 Å². The van der Waals surface area contributed by atoms with Crippen molar-refractivity contribution in [1.29, 1.82) is 0 Å². The summed E-state index contributed by atoms with van der Waals surface area (Å²) in [7, 11) is 1.87. The van der Waals surface area contributed by atoms with Gasteiger partial charge in [-0.05, 0) is 67.4 Å². The molecule has 0 aliphatic heterocycles. The first-order valence-electron chi connectivity index (χ1n) is 6.38. The van der Waals surface area contributed by atoms with Crippen LogP contribution in [0.15, 0.2) is 36.4 Å². The Bertz CT molecular complexity index is 613. The third-order valence-corrected chi connectivity index (χ3v) is 4.00. The van der Waals surface area contributed by atoms with Crippen LogP contribution in [0.1, 0.15) is 22.7 Å². The summed E-state index contributed by atoms with van der Waals surface area (Å²) in [6.45, 7) is 2.03. The SMILES string of the molecule is CNC(Cc1cc(F)ccc1Cl)c1cc(Cl)ccc1C. The van der Waals surface area contributed by atoms with Gasteiger partial charge in [-0.2, -0.15) is 0 Å². The summed E-state index contributed by atoms with van der Waals surface area (Å²) >= 11 is 12.2. The molecule has 2 aromatic rings. The van der Waals surface area contributed by atoms with Crippen LogP contribution in [0.5, 0.6) is 0 Å². The molecule has 0 aliphatic carbocycles. The number of likely N-dealkylation sites (N-methyl/N-ethyl adjacent to an activating group) is 1. The van der Waals surface area contributed by atoms with Crippen LogP contribution in [0.2, 0.25) is 10.0 Å². The van der Waals surface area contributed by atoms with E-state index in [0.717, 1.165) is 16.7 Å². The van der Waals surface area contributed by atoms with Gasteiger partial charge >= 0.3 is 0 Å². The van der Waals surface area contributed by atoms with E-state index < -0.39 is 0 Å². The predicted molar refractivity (Wildman–Crippen MR) is 83.1 cm³/mol. The fourth-order valence-corrected chi connectivity index (χ4v) is 2.65. The molecule has 0 radical (unpaired) electrons. The van der Waals surface area contributed by atoms with Crippen LogP contribution in [0, 0.1) is 12.7 Å². The van der Waals surface area contributed by atoms with E-state index in [9.17, 15) is 4.39 Å². The number of halogens is 3. The lowest BCUT2D eigenvalue weighted by atomic mass is 9.95. The summed E-state index contributed by atoms with van der Waals surface area (Å²) in [5.74, 6) is -0.276. The molecule has 0 aliphatic rings. The maximum Gasteiger partial charge on any atom is 0.123 e. The van der Waals surface area contributed by atoms with Crippen LogP contribution in [-0.2, 0) is 6.42 Å². The molecule has 2 aromatic carbocycles. The van der Waals surface area contributed by atoms with Crippen molar-refractivity contribution < 1.29 is 4.39 Å². The van der Waals surface area contributed by atoms with Gasteiger partial charge in [-0.1, -0.05) is 29.3 Å². The smallest absolute Gasteiger partial charge is 0.123 e. The van der Waals surface area contributed by atoms with Gasteiger partial charge in [-0.15, -0.1) is 0 Å². The quantitative estimate of drug-likeness (QED) is 0.843. The van der Waals surface area contributed by atoms with Gasteiger partial charge in [0.05, 0.1) is 0 Å². The fourth-order valence-electron chi connectivity index (χ4n) is 2.27. The lowest BCUT2D eigenvalue weighted by Crippen LogP contribution is -2.20. The highest BCUT2D eigenvalue weighted by Gasteiger charge is 2.15. The van der Waals surface area contributed by atoms with E-state index in [1.54, 1.807) is 6.07 Å². The first kappa shape index (κ1) is 15.3. The normalized spacial score (nSPS) is 12.4. The highest BCUT2D eigenvalue weighted by molar-refractivity contribution is 6.31. The maximum absolute atomic E-state index is 13.3. The molecule has 0 saturated heterocycles. The minimum atomic E-state index is -0.276. The van der Waals surface area contributed by atoms with Crippen molar-refractivity contribution in [3.8, 4) is 0 Å². The Morgan fingerprint density at radius 2 is 1.90 bits per heavy atom. The Morgan fingerprint density at radius 1 is 1.15 bits per heavy atom. The molecule has 1 N–H and O–H groups in total. The molecule has 1 nitrogen and oxygen atoms in total. The van der Waals surface area contributed by atoms with Crippen molar-refractivity contribution >= 4 is 23.2 Å². The second-order valence-corrected chi connectivity index (χ2v) is 5.63. The first-order valence-corrected chi connectivity index (χ1v) is 7.14. The van der Waals surface area contributed by atoms with Gasteiger partial charge in [0.25, 0.3) is 0 Å². The van der Waals surface area contributed by atoms with Crippen molar-refractivity contribution in [2.75, 3.05) is 7.05 Å². The summed E-state index contributed by atoms with van der Waals surface area (Å²) in [5, 5.41) is 4.51. The molecule has 20 heavy (non-hydrogen) atoms. The molecule has 0 fully saturated rings. The van der Waals surface area contributed by atoms with E-state index in [0.29, 0.717) is 16.5 Å². The third kappa shape index (κ3) is 3.51.